The van der Waals surface area contributed by atoms with Gasteiger partial charge in [0.2, 0.25) is 0 Å². The summed E-state index contributed by atoms with van der Waals surface area (Å²) < 4.78 is 0. The van der Waals surface area contributed by atoms with Crippen LogP contribution in [0.25, 0.3) is 0 Å². The third-order valence-electron chi connectivity index (χ3n) is 3.34. The molecule has 0 radical (unpaired) electrons. The van der Waals surface area contributed by atoms with Crippen molar-refractivity contribution >= 4 is 22.9 Å². The molecule has 0 saturated heterocycles. The molecule has 1 amide bonds. The van der Waals surface area contributed by atoms with E-state index in [0.717, 1.165) is 12.2 Å². The second kappa shape index (κ2) is 6.68. The molecule has 0 fully saturated rings. The monoisotopic (exact) mass is 289 g/mol. The van der Waals surface area contributed by atoms with E-state index >= 15 is 0 Å². The SMILES string of the molecule is Cc1ccc(NC(=O)C[NH+](C)Cc2ccsc2)cc1C. The van der Waals surface area contributed by atoms with E-state index in [1.165, 1.54) is 21.6 Å². The molecule has 1 atom stereocenters. The number of likely N-dealkylation sites (N-methyl/N-ethyl adjacent to an activating group) is 1. The number of hydrogen-bond donors (Lipinski definition) is 2. The molecule has 0 spiro atoms. The summed E-state index contributed by atoms with van der Waals surface area (Å²) >= 11 is 1.69. The molecule has 0 aliphatic carbocycles. The van der Waals surface area contributed by atoms with Crippen molar-refractivity contribution in [3.63, 3.8) is 0 Å². The predicted octanol–water partition coefficient (Wildman–Crippen LogP) is 2.02. The highest BCUT2D eigenvalue weighted by Crippen LogP contribution is 2.13. The highest BCUT2D eigenvalue weighted by Gasteiger charge is 2.11. The van der Waals surface area contributed by atoms with Gasteiger partial charge in [0.25, 0.3) is 5.91 Å². The maximum atomic E-state index is 12.0. The maximum absolute atomic E-state index is 12.0. The molecule has 0 aliphatic rings. The van der Waals surface area contributed by atoms with Gasteiger partial charge in [-0.25, -0.2) is 0 Å². The van der Waals surface area contributed by atoms with Gasteiger partial charge in [0.05, 0.1) is 7.05 Å². The molecule has 2 aromatic rings. The van der Waals surface area contributed by atoms with Crippen LogP contribution in [0.5, 0.6) is 0 Å². The molecule has 0 aliphatic heterocycles. The van der Waals surface area contributed by atoms with E-state index < -0.39 is 0 Å². The molecule has 1 unspecified atom stereocenters. The van der Waals surface area contributed by atoms with Crippen molar-refractivity contribution in [1.82, 2.24) is 0 Å². The summed E-state index contributed by atoms with van der Waals surface area (Å²) in [5, 5.41) is 7.16. The topological polar surface area (TPSA) is 33.5 Å². The summed E-state index contributed by atoms with van der Waals surface area (Å²) in [5.41, 5.74) is 4.60. The molecule has 2 rings (SSSR count). The highest BCUT2D eigenvalue weighted by molar-refractivity contribution is 7.07. The van der Waals surface area contributed by atoms with E-state index in [-0.39, 0.29) is 5.91 Å². The number of rotatable bonds is 5. The first kappa shape index (κ1) is 14.8. The molecule has 106 valence electrons. The molecule has 4 heteroatoms. The standard InChI is InChI=1S/C16H20N2OS/c1-12-4-5-15(8-13(12)2)17-16(19)10-18(3)9-14-6-7-20-11-14/h4-8,11H,9-10H2,1-3H3,(H,17,19)/p+1. The highest BCUT2D eigenvalue weighted by atomic mass is 32.1. The number of anilines is 1. The second-order valence-electron chi connectivity index (χ2n) is 5.29. The summed E-state index contributed by atoms with van der Waals surface area (Å²) in [6, 6.07) is 8.11. The van der Waals surface area contributed by atoms with Crippen molar-refractivity contribution in [2.24, 2.45) is 0 Å². The van der Waals surface area contributed by atoms with Gasteiger partial charge in [-0.1, -0.05) is 6.07 Å². The molecule has 0 saturated carbocycles. The quantitative estimate of drug-likeness (QED) is 0.867. The van der Waals surface area contributed by atoms with Gasteiger partial charge in [0.1, 0.15) is 6.54 Å². The Labute approximate surface area is 124 Å². The number of thiophene rings is 1. The van der Waals surface area contributed by atoms with Crippen LogP contribution in [0.15, 0.2) is 35.0 Å². The Balaban J connectivity index is 1.87. The largest absolute Gasteiger partial charge is 0.326 e. The lowest BCUT2D eigenvalue weighted by molar-refractivity contribution is -0.885. The molecule has 1 aromatic heterocycles. The fourth-order valence-electron chi connectivity index (χ4n) is 2.10. The summed E-state index contributed by atoms with van der Waals surface area (Å²) in [7, 11) is 2.04. The number of amides is 1. The number of aryl methyl sites for hydroxylation is 2. The van der Waals surface area contributed by atoms with Gasteiger partial charge in [0, 0.05) is 11.3 Å². The van der Waals surface area contributed by atoms with Crippen LogP contribution in [0.4, 0.5) is 5.69 Å². The molecule has 3 nitrogen and oxygen atoms in total. The first-order chi connectivity index (χ1) is 9.54. The minimum absolute atomic E-state index is 0.0565. The summed E-state index contributed by atoms with van der Waals surface area (Å²) in [4.78, 5) is 13.2. The minimum atomic E-state index is 0.0565. The predicted molar refractivity (Wildman–Crippen MR) is 84.3 cm³/mol. The van der Waals surface area contributed by atoms with Crippen LogP contribution in [-0.4, -0.2) is 19.5 Å². The van der Waals surface area contributed by atoms with Crippen LogP contribution >= 0.6 is 11.3 Å². The van der Waals surface area contributed by atoms with Crippen LogP contribution in [0.1, 0.15) is 16.7 Å². The van der Waals surface area contributed by atoms with E-state index in [1.807, 2.05) is 25.2 Å². The Bertz CT molecular complexity index is 578. The first-order valence-electron chi connectivity index (χ1n) is 6.74. The van der Waals surface area contributed by atoms with Crippen molar-refractivity contribution in [2.75, 3.05) is 18.9 Å². The van der Waals surface area contributed by atoms with Gasteiger partial charge in [-0.05, 0) is 53.9 Å². The lowest BCUT2D eigenvalue weighted by Gasteiger charge is -2.13. The van der Waals surface area contributed by atoms with Gasteiger partial charge in [0.15, 0.2) is 6.54 Å². The average molecular weight is 289 g/mol. The fourth-order valence-corrected chi connectivity index (χ4v) is 2.77. The minimum Gasteiger partial charge on any atom is -0.326 e. The second-order valence-corrected chi connectivity index (χ2v) is 6.07. The first-order valence-corrected chi connectivity index (χ1v) is 7.68. The Kier molecular flexibility index (Phi) is 4.93. The van der Waals surface area contributed by atoms with Crippen LogP contribution in [0, 0.1) is 13.8 Å². The van der Waals surface area contributed by atoms with Crippen molar-refractivity contribution in [3.8, 4) is 0 Å². The van der Waals surface area contributed by atoms with E-state index in [2.05, 4.69) is 36.0 Å². The number of benzene rings is 1. The number of nitrogens with one attached hydrogen (secondary N) is 2. The molecule has 2 N–H and O–H groups in total. The fraction of sp³-hybridized carbons (Fsp3) is 0.312. The summed E-state index contributed by atoms with van der Waals surface area (Å²) in [5.74, 6) is 0.0565. The average Bonchev–Trinajstić information content (AvgIpc) is 2.86. The van der Waals surface area contributed by atoms with Gasteiger partial charge in [-0.15, -0.1) is 0 Å². The van der Waals surface area contributed by atoms with Crippen molar-refractivity contribution in [3.05, 3.63) is 51.7 Å². The number of carbonyl (C=O) groups excluding carboxylic acids is 1. The third kappa shape index (κ3) is 4.18. The van der Waals surface area contributed by atoms with E-state index in [0.29, 0.717) is 6.54 Å². The van der Waals surface area contributed by atoms with Crippen molar-refractivity contribution in [2.45, 2.75) is 20.4 Å². The zero-order chi connectivity index (χ0) is 14.5. The lowest BCUT2D eigenvalue weighted by atomic mass is 10.1. The Hall–Kier alpha value is -1.65. The molecular weight excluding hydrogens is 268 g/mol. The number of quaternary nitrogens is 1. The zero-order valence-electron chi connectivity index (χ0n) is 12.2. The van der Waals surface area contributed by atoms with Crippen LogP contribution in [0.3, 0.4) is 0 Å². The summed E-state index contributed by atoms with van der Waals surface area (Å²) in [6.07, 6.45) is 0. The van der Waals surface area contributed by atoms with Crippen molar-refractivity contribution < 1.29 is 9.69 Å². The van der Waals surface area contributed by atoms with Gasteiger partial charge < -0.3 is 10.2 Å². The Morgan fingerprint density at radius 3 is 2.70 bits per heavy atom. The van der Waals surface area contributed by atoms with Gasteiger partial charge in [-0.3, -0.25) is 4.79 Å². The third-order valence-corrected chi connectivity index (χ3v) is 4.07. The summed E-state index contributed by atoms with van der Waals surface area (Å²) in [6.45, 7) is 5.48. The lowest BCUT2D eigenvalue weighted by Crippen LogP contribution is -3.08. The van der Waals surface area contributed by atoms with Gasteiger partial charge >= 0.3 is 0 Å². The van der Waals surface area contributed by atoms with Crippen LogP contribution < -0.4 is 10.2 Å². The smallest absolute Gasteiger partial charge is 0.279 e. The molecule has 0 bridgehead atoms. The molecule has 20 heavy (non-hydrogen) atoms. The molecule has 1 aromatic carbocycles. The molecule has 1 heterocycles. The van der Waals surface area contributed by atoms with E-state index in [9.17, 15) is 4.79 Å². The van der Waals surface area contributed by atoms with Gasteiger partial charge in [-0.2, -0.15) is 11.3 Å². The Morgan fingerprint density at radius 1 is 1.25 bits per heavy atom. The molecular formula is C16H21N2OS+. The Morgan fingerprint density at radius 2 is 2.05 bits per heavy atom. The van der Waals surface area contributed by atoms with Crippen LogP contribution in [0.2, 0.25) is 0 Å². The number of carbonyl (C=O) groups is 1. The number of hydrogen-bond acceptors (Lipinski definition) is 2. The van der Waals surface area contributed by atoms with E-state index in [4.69, 9.17) is 0 Å². The van der Waals surface area contributed by atoms with Crippen molar-refractivity contribution in [1.29, 1.82) is 0 Å². The van der Waals surface area contributed by atoms with Crippen LogP contribution in [-0.2, 0) is 11.3 Å². The van der Waals surface area contributed by atoms with E-state index in [1.54, 1.807) is 11.3 Å². The zero-order valence-corrected chi connectivity index (χ0v) is 13.0. The normalized spacial score (nSPS) is 12.2. The maximum Gasteiger partial charge on any atom is 0.279 e.